The average Bonchev–Trinajstić information content (AvgIpc) is 2.06. The molecular weight excluding hydrogens is 206 g/mol. The van der Waals surface area contributed by atoms with E-state index in [0.717, 1.165) is 0 Å². The lowest BCUT2D eigenvalue weighted by atomic mass is 9.92. The lowest BCUT2D eigenvalue weighted by Crippen LogP contribution is -2.53. The van der Waals surface area contributed by atoms with Crippen molar-refractivity contribution in [2.45, 2.75) is 66.5 Å². The highest BCUT2D eigenvalue weighted by Crippen LogP contribution is 2.36. The van der Waals surface area contributed by atoms with Crippen molar-refractivity contribution < 1.29 is 0 Å². The van der Waals surface area contributed by atoms with Crippen LogP contribution in [0.25, 0.3) is 0 Å². The Kier molecular flexibility index (Phi) is 3.61. The molecule has 1 nitrogen and oxygen atoms in total. The van der Waals surface area contributed by atoms with Crippen molar-refractivity contribution in [3.05, 3.63) is 29.3 Å². The number of anilines is 1. The first-order chi connectivity index (χ1) is 7.55. The van der Waals surface area contributed by atoms with Crippen LogP contribution in [0.15, 0.2) is 18.2 Å². The van der Waals surface area contributed by atoms with Gasteiger partial charge in [-0.2, -0.15) is 0 Å². The fourth-order valence-electron chi connectivity index (χ4n) is 2.84. The minimum Gasteiger partial charge on any atom is -0.361 e. The quantitative estimate of drug-likeness (QED) is 0.679. The number of benzene rings is 1. The number of hydrogen-bond acceptors (Lipinski definition) is 1. The molecule has 0 aliphatic heterocycles. The summed E-state index contributed by atoms with van der Waals surface area (Å²) in [5, 5.41) is 0. The van der Waals surface area contributed by atoms with Gasteiger partial charge in [-0.25, -0.2) is 0 Å². The van der Waals surface area contributed by atoms with E-state index in [0.29, 0.717) is 0 Å². The van der Waals surface area contributed by atoms with E-state index >= 15 is 0 Å². The zero-order chi connectivity index (χ0) is 13.4. The molecule has 0 aliphatic carbocycles. The van der Waals surface area contributed by atoms with E-state index in [1.165, 1.54) is 16.8 Å². The molecule has 0 atom stereocenters. The normalized spacial score (nSPS) is 12.7. The third-order valence-electron chi connectivity index (χ3n) is 3.00. The van der Waals surface area contributed by atoms with Crippen LogP contribution in [0, 0.1) is 13.8 Å². The Labute approximate surface area is 107 Å². The highest BCUT2D eigenvalue weighted by atomic mass is 15.2. The van der Waals surface area contributed by atoms with Gasteiger partial charge in [-0.3, -0.25) is 0 Å². The molecule has 0 spiro atoms. The standard InChI is InChI=1S/C16H27N/c1-12-10-9-11-13(2)14(12)17(15(3,4)5)16(6,7)8/h9-11H,1-8H3. The van der Waals surface area contributed by atoms with Crippen molar-refractivity contribution in [2.24, 2.45) is 0 Å². The van der Waals surface area contributed by atoms with Crippen molar-refractivity contribution in [2.75, 3.05) is 4.90 Å². The molecule has 17 heavy (non-hydrogen) atoms. The molecule has 0 aliphatic rings. The molecule has 0 saturated carbocycles. The number of aryl methyl sites for hydroxylation is 2. The molecule has 0 heterocycles. The highest BCUT2D eigenvalue weighted by molar-refractivity contribution is 5.61. The molecule has 0 saturated heterocycles. The Balaban J connectivity index is 3.44. The largest absolute Gasteiger partial charge is 0.361 e. The molecule has 1 aromatic rings. The first-order valence-electron chi connectivity index (χ1n) is 6.41. The molecule has 0 bridgehead atoms. The van der Waals surface area contributed by atoms with Gasteiger partial charge in [-0.15, -0.1) is 0 Å². The summed E-state index contributed by atoms with van der Waals surface area (Å²) in [6, 6.07) is 6.54. The second-order valence-corrected chi connectivity index (χ2v) is 6.92. The summed E-state index contributed by atoms with van der Waals surface area (Å²) >= 11 is 0. The monoisotopic (exact) mass is 233 g/mol. The molecule has 0 fully saturated rings. The predicted molar refractivity (Wildman–Crippen MR) is 77.9 cm³/mol. The summed E-state index contributed by atoms with van der Waals surface area (Å²) in [4.78, 5) is 2.53. The smallest absolute Gasteiger partial charge is 0.0434 e. The van der Waals surface area contributed by atoms with Crippen LogP contribution in [0.5, 0.6) is 0 Å². The molecule has 0 aromatic heterocycles. The highest BCUT2D eigenvalue weighted by Gasteiger charge is 2.33. The summed E-state index contributed by atoms with van der Waals surface area (Å²) in [5.74, 6) is 0. The maximum atomic E-state index is 2.53. The van der Waals surface area contributed by atoms with Gasteiger partial charge in [-0.1, -0.05) is 18.2 Å². The molecule has 0 amide bonds. The van der Waals surface area contributed by atoms with Crippen LogP contribution in [-0.4, -0.2) is 11.1 Å². The molecular formula is C16H27N. The van der Waals surface area contributed by atoms with Crippen LogP contribution in [0.4, 0.5) is 5.69 Å². The van der Waals surface area contributed by atoms with E-state index in [4.69, 9.17) is 0 Å². The third kappa shape index (κ3) is 3.02. The second-order valence-electron chi connectivity index (χ2n) is 6.92. The second kappa shape index (κ2) is 4.36. The molecule has 1 aromatic carbocycles. The number of para-hydroxylation sites is 1. The summed E-state index contributed by atoms with van der Waals surface area (Å²) in [5.41, 5.74) is 4.33. The number of rotatable bonds is 1. The average molecular weight is 233 g/mol. The minimum atomic E-state index is 0.120. The van der Waals surface area contributed by atoms with Crippen molar-refractivity contribution in [1.29, 1.82) is 0 Å². The first kappa shape index (κ1) is 14.1. The SMILES string of the molecule is Cc1cccc(C)c1N(C(C)(C)C)C(C)(C)C. The first-order valence-corrected chi connectivity index (χ1v) is 6.41. The van der Waals surface area contributed by atoms with Crippen molar-refractivity contribution in [3.63, 3.8) is 0 Å². The van der Waals surface area contributed by atoms with Crippen LogP contribution < -0.4 is 4.90 Å². The minimum absolute atomic E-state index is 0.120. The summed E-state index contributed by atoms with van der Waals surface area (Å²) in [6.45, 7) is 18.1. The summed E-state index contributed by atoms with van der Waals surface area (Å²) in [7, 11) is 0. The van der Waals surface area contributed by atoms with E-state index in [1.54, 1.807) is 0 Å². The van der Waals surface area contributed by atoms with Crippen LogP contribution >= 0.6 is 0 Å². The van der Waals surface area contributed by atoms with E-state index in [2.05, 4.69) is 78.5 Å². The van der Waals surface area contributed by atoms with Gasteiger partial charge in [0.25, 0.3) is 0 Å². The lowest BCUT2D eigenvalue weighted by molar-refractivity contribution is 0.379. The van der Waals surface area contributed by atoms with E-state index in [-0.39, 0.29) is 11.1 Å². The molecule has 0 radical (unpaired) electrons. The van der Waals surface area contributed by atoms with Gasteiger partial charge in [0, 0.05) is 16.8 Å². The molecule has 0 unspecified atom stereocenters. The van der Waals surface area contributed by atoms with Crippen molar-refractivity contribution in [1.82, 2.24) is 0 Å². The van der Waals surface area contributed by atoms with Crippen LogP contribution in [0.1, 0.15) is 52.7 Å². The molecule has 1 heteroatoms. The molecule has 0 N–H and O–H groups in total. The fraction of sp³-hybridized carbons (Fsp3) is 0.625. The van der Waals surface area contributed by atoms with Gasteiger partial charge in [0.05, 0.1) is 0 Å². The van der Waals surface area contributed by atoms with E-state index in [1.807, 2.05) is 0 Å². The van der Waals surface area contributed by atoms with Crippen molar-refractivity contribution >= 4 is 5.69 Å². The summed E-state index contributed by atoms with van der Waals surface area (Å²) < 4.78 is 0. The topological polar surface area (TPSA) is 3.24 Å². The maximum absolute atomic E-state index is 2.53. The Morgan fingerprint density at radius 2 is 1.12 bits per heavy atom. The van der Waals surface area contributed by atoms with Gasteiger partial charge in [0.2, 0.25) is 0 Å². The van der Waals surface area contributed by atoms with Crippen LogP contribution in [0.3, 0.4) is 0 Å². The Bertz CT molecular complexity index is 357. The predicted octanol–water partition coefficient (Wildman–Crippen LogP) is 4.71. The summed E-state index contributed by atoms with van der Waals surface area (Å²) in [6.07, 6.45) is 0. The fourth-order valence-corrected chi connectivity index (χ4v) is 2.84. The van der Waals surface area contributed by atoms with Crippen LogP contribution in [0.2, 0.25) is 0 Å². The third-order valence-corrected chi connectivity index (χ3v) is 3.00. The van der Waals surface area contributed by atoms with E-state index in [9.17, 15) is 0 Å². The Morgan fingerprint density at radius 3 is 1.41 bits per heavy atom. The van der Waals surface area contributed by atoms with Crippen molar-refractivity contribution in [3.8, 4) is 0 Å². The van der Waals surface area contributed by atoms with Crippen LogP contribution in [-0.2, 0) is 0 Å². The Morgan fingerprint density at radius 1 is 0.765 bits per heavy atom. The molecule has 96 valence electrons. The number of hydrogen-bond donors (Lipinski definition) is 0. The zero-order valence-corrected chi connectivity index (χ0v) is 12.7. The van der Waals surface area contributed by atoms with Gasteiger partial charge in [0.15, 0.2) is 0 Å². The zero-order valence-electron chi connectivity index (χ0n) is 12.7. The van der Waals surface area contributed by atoms with Gasteiger partial charge in [0.1, 0.15) is 0 Å². The lowest BCUT2D eigenvalue weighted by Gasteiger charge is -2.48. The van der Waals surface area contributed by atoms with E-state index < -0.39 is 0 Å². The number of nitrogens with zero attached hydrogens (tertiary/aromatic N) is 1. The maximum Gasteiger partial charge on any atom is 0.0434 e. The Hall–Kier alpha value is -0.980. The van der Waals surface area contributed by atoms with Gasteiger partial charge in [-0.05, 0) is 66.5 Å². The van der Waals surface area contributed by atoms with Gasteiger partial charge < -0.3 is 4.90 Å². The molecule has 1 rings (SSSR count). The van der Waals surface area contributed by atoms with Gasteiger partial charge >= 0.3 is 0 Å².